The summed E-state index contributed by atoms with van der Waals surface area (Å²) >= 11 is 1.63. The molecule has 0 amide bonds. The predicted molar refractivity (Wildman–Crippen MR) is 97.8 cm³/mol. The van der Waals surface area contributed by atoms with Crippen LogP contribution in [0.3, 0.4) is 0 Å². The first-order valence-corrected chi connectivity index (χ1v) is 8.55. The molecule has 0 aliphatic carbocycles. The molecular formula is C19H17NO2S. The molecule has 0 saturated heterocycles. The second-order valence-corrected chi connectivity index (χ2v) is 6.44. The predicted octanol–water partition coefficient (Wildman–Crippen LogP) is 4.03. The average molecular weight is 323 g/mol. The molecule has 0 unspecified atom stereocenters. The van der Waals surface area contributed by atoms with Crippen molar-refractivity contribution in [1.82, 2.24) is 0 Å². The Balaban J connectivity index is 2.01. The number of benzene rings is 2. The highest BCUT2D eigenvalue weighted by atomic mass is 32.2. The van der Waals surface area contributed by atoms with E-state index in [1.165, 1.54) is 0 Å². The van der Waals surface area contributed by atoms with Gasteiger partial charge in [-0.05, 0) is 55.0 Å². The molecule has 0 aliphatic heterocycles. The molecular weight excluding hydrogens is 306 g/mol. The van der Waals surface area contributed by atoms with Gasteiger partial charge in [0.2, 0.25) is 5.43 Å². The number of nitrogens with one attached hydrogen (secondary N) is 1. The standard InChI is InChI=1S/C19H17NO2S/c1-11-7-8-13(9-12(11)2)16-17(19(22)18(16)21)20-14-5-4-6-15(10-14)23-3/h4-10,20H,1-3H3. The summed E-state index contributed by atoms with van der Waals surface area (Å²) in [5.41, 5.74) is 3.87. The van der Waals surface area contributed by atoms with E-state index in [0.717, 1.165) is 27.3 Å². The van der Waals surface area contributed by atoms with Crippen molar-refractivity contribution < 1.29 is 0 Å². The summed E-state index contributed by atoms with van der Waals surface area (Å²) in [6.45, 7) is 4.02. The topological polar surface area (TPSA) is 46.2 Å². The van der Waals surface area contributed by atoms with Gasteiger partial charge in [-0.2, -0.15) is 0 Å². The first kappa shape index (κ1) is 15.6. The van der Waals surface area contributed by atoms with Crippen molar-refractivity contribution in [2.24, 2.45) is 0 Å². The molecule has 1 N–H and O–H groups in total. The maximum atomic E-state index is 12.0. The fourth-order valence-electron chi connectivity index (χ4n) is 2.53. The van der Waals surface area contributed by atoms with Crippen LogP contribution in [0.2, 0.25) is 0 Å². The van der Waals surface area contributed by atoms with Crippen LogP contribution in [0.1, 0.15) is 11.1 Å². The van der Waals surface area contributed by atoms with E-state index in [1.54, 1.807) is 11.8 Å². The molecule has 0 aromatic heterocycles. The summed E-state index contributed by atoms with van der Waals surface area (Å²) in [6, 6.07) is 13.6. The molecule has 0 radical (unpaired) electrons. The van der Waals surface area contributed by atoms with E-state index in [2.05, 4.69) is 5.32 Å². The van der Waals surface area contributed by atoms with Crippen LogP contribution in [0, 0.1) is 13.8 Å². The minimum absolute atomic E-state index is 0.386. The van der Waals surface area contributed by atoms with Gasteiger partial charge in [-0.1, -0.05) is 24.3 Å². The molecule has 0 fully saturated rings. The number of hydrogen-bond donors (Lipinski definition) is 1. The normalized spacial score (nSPS) is 10.9. The third-order valence-electron chi connectivity index (χ3n) is 4.05. The Labute approximate surface area is 139 Å². The number of hydrogen-bond acceptors (Lipinski definition) is 4. The second kappa shape index (κ2) is 6.05. The molecule has 0 aliphatic rings. The maximum Gasteiger partial charge on any atom is 0.250 e. The molecule has 3 rings (SSSR count). The summed E-state index contributed by atoms with van der Waals surface area (Å²) in [7, 11) is 0. The zero-order chi connectivity index (χ0) is 16.6. The van der Waals surface area contributed by atoms with E-state index in [4.69, 9.17) is 0 Å². The van der Waals surface area contributed by atoms with Gasteiger partial charge in [-0.25, -0.2) is 0 Å². The van der Waals surface area contributed by atoms with Crippen LogP contribution in [-0.4, -0.2) is 6.26 Å². The van der Waals surface area contributed by atoms with Crippen LogP contribution in [0.15, 0.2) is 56.9 Å². The summed E-state index contributed by atoms with van der Waals surface area (Å²) < 4.78 is 0. The molecule has 0 bridgehead atoms. The van der Waals surface area contributed by atoms with Crippen molar-refractivity contribution in [2.45, 2.75) is 18.7 Å². The lowest BCUT2D eigenvalue weighted by molar-refractivity contribution is 1.32. The minimum atomic E-state index is -0.451. The first-order valence-electron chi connectivity index (χ1n) is 7.33. The smallest absolute Gasteiger partial charge is 0.250 e. The summed E-state index contributed by atoms with van der Waals surface area (Å²) in [6.07, 6.45) is 2.00. The van der Waals surface area contributed by atoms with Crippen LogP contribution in [0.4, 0.5) is 11.4 Å². The largest absolute Gasteiger partial charge is 0.352 e. The highest BCUT2D eigenvalue weighted by molar-refractivity contribution is 7.98. The lowest BCUT2D eigenvalue weighted by atomic mass is 9.95. The molecule has 23 heavy (non-hydrogen) atoms. The Kier molecular flexibility index (Phi) is 4.09. The van der Waals surface area contributed by atoms with Crippen molar-refractivity contribution in [3.05, 3.63) is 74.0 Å². The van der Waals surface area contributed by atoms with Gasteiger partial charge in [0, 0.05) is 10.6 Å². The SMILES string of the molecule is CSc1cccc(Nc2c(-c3ccc(C)c(C)c3)c(=O)c2=O)c1. The molecule has 116 valence electrons. The molecule has 4 heteroatoms. The Bertz CT molecular complexity index is 952. The molecule has 3 aromatic carbocycles. The zero-order valence-corrected chi connectivity index (χ0v) is 14.1. The van der Waals surface area contributed by atoms with Crippen LogP contribution >= 0.6 is 11.8 Å². The molecule has 3 nitrogen and oxygen atoms in total. The molecule has 0 atom stereocenters. The van der Waals surface area contributed by atoms with Crippen molar-refractivity contribution in [3.8, 4) is 11.1 Å². The van der Waals surface area contributed by atoms with E-state index in [1.807, 2.05) is 62.6 Å². The Morgan fingerprint density at radius 1 is 0.913 bits per heavy atom. The number of aryl methyl sites for hydroxylation is 2. The average Bonchev–Trinajstić information content (AvgIpc) is 2.57. The van der Waals surface area contributed by atoms with Gasteiger partial charge < -0.3 is 5.32 Å². The van der Waals surface area contributed by atoms with Crippen molar-refractivity contribution in [2.75, 3.05) is 11.6 Å². The number of rotatable bonds is 4. The fraction of sp³-hybridized carbons (Fsp3) is 0.158. The lowest BCUT2D eigenvalue weighted by Crippen LogP contribution is -2.35. The van der Waals surface area contributed by atoms with E-state index < -0.39 is 10.9 Å². The summed E-state index contributed by atoms with van der Waals surface area (Å²) in [5, 5.41) is 3.11. The van der Waals surface area contributed by atoms with Crippen LogP contribution in [0.5, 0.6) is 0 Å². The van der Waals surface area contributed by atoms with Gasteiger partial charge in [0.25, 0.3) is 5.43 Å². The van der Waals surface area contributed by atoms with Crippen LogP contribution < -0.4 is 16.2 Å². The third kappa shape index (κ3) is 2.82. The molecule has 0 spiro atoms. The zero-order valence-electron chi connectivity index (χ0n) is 13.3. The molecule has 0 heterocycles. The highest BCUT2D eigenvalue weighted by Gasteiger charge is 2.22. The monoisotopic (exact) mass is 323 g/mol. The van der Waals surface area contributed by atoms with Gasteiger partial charge >= 0.3 is 0 Å². The van der Waals surface area contributed by atoms with Crippen LogP contribution in [0.25, 0.3) is 11.1 Å². The first-order chi connectivity index (χ1) is 11.0. The Morgan fingerprint density at radius 3 is 2.39 bits per heavy atom. The Morgan fingerprint density at radius 2 is 1.70 bits per heavy atom. The molecule has 0 saturated carbocycles. The van der Waals surface area contributed by atoms with Gasteiger partial charge in [-0.3, -0.25) is 9.59 Å². The van der Waals surface area contributed by atoms with Crippen LogP contribution in [-0.2, 0) is 0 Å². The number of anilines is 2. The summed E-state index contributed by atoms with van der Waals surface area (Å²) in [5.74, 6) is 0. The van der Waals surface area contributed by atoms with Crippen molar-refractivity contribution >= 4 is 23.1 Å². The van der Waals surface area contributed by atoms with Gasteiger partial charge in [-0.15, -0.1) is 11.8 Å². The quantitative estimate of drug-likeness (QED) is 0.581. The second-order valence-electron chi connectivity index (χ2n) is 5.56. The molecule has 3 aromatic rings. The van der Waals surface area contributed by atoms with E-state index in [0.29, 0.717) is 11.3 Å². The minimum Gasteiger partial charge on any atom is -0.352 e. The lowest BCUT2D eigenvalue weighted by Gasteiger charge is -2.15. The maximum absolute atomic E-state index is 12.0. The van der Waals surface area contributed by atoms with E-state index in [9.17, 15) is 9.59 Å². The highest BCUT2D eigenvalue weighted by Crippen LogP contribution is 2.29. The van der Waals surface area contributed by atoms with E-state index in [-0.39, 0.29) is 0 Å². The third-order valence-corrected chi connectivity index (χ3v) is 4.77. The van der Waals surface area contributed by atoms with Crippen molar-refractivity contribution in [1.29, 1.82) is 0 Å². The van der Waals surface area contributed by atoms with E-state index >= 15 is 0 Å². The fourth-order valence-corrected chi connectivity index (χ4v) is 2.99. The van der Waals surface area contributed by atoms with Crippen molar-refractivity contribution in [3.63, 3.8) is 0 Å². The van der Waals surface area contributed by atoms with Gasteiger partial charge in [0.15, 0.2) is 0 Å². The van der Waals surface area contributed by atoms with Gasteiger partial charge in [0.1, 0.15) is 5.69 Å². The number of thioether (sulfide) groups is 1. The Hall–Kier alpha value is -2.33. The van der Waals surface area contributed by atoms with Gasteiger partial charge in [0.05, 0.1) is 5.56 Å². The summed E-state index contributed by atoms with van der Waals surface area (Å²) in [4.78, 5) is 25.1.